The van der Waals surface area contributed by atoms with E-state index in [0.29, 0.717) is 17.7 Å². The molecule has 0 fully saturated rings. The molecule has 0 saturated heterocycles. The first-order valence-electron chi connectivity index (χ1n) is 10.4. The lowest BCUT2D eigenvalue weighted by Crippen LogP contribution is -2.26. The van der Waals surface area contributed by atoms with Gasteiger partial charge in [0.2, 0.25) is 0 Å². The SMILES string of the molecule is COc1ccc(CNc2nc(OCc3ccccn3)ncc2C(=O)NCCCO)cc1[N+](=O)[O-]. The van der Waals surface area contributed by atoms with Crippen LogP contribution in [0, 0.1) is 10.1 Å². The summed E-state index contributed by atoms with van der Waals surface area (Å²) in [4.78, 5) is 35.9. The minimum Gasteiger partial charge on any atom is -0.490 e. The van der Waals surface area contributed by atoms with Crippen LogP contribution in [0.25, 0.3) is 0 Å². The molecule has 0 atom stereocenters. The number of aliphatic hydroxyl groups is 1. The van der Waals surface area contributed by atoms with Gasteiger partial charge in [-0.05, 0) is 30.2 Å². The number of aliphatic hydroxyl groups excluding tert-OH is 1. The van der Waals surface area contributed by atoms with E-state index in [9.17, 15) is 14.9 Å². The molecule has 3 rings (SSSR count). The molecule has 2 aromatic heterocycles. The summed E-state index contributed by atoms with van der Waals surface area (Å²) >= 11 is 0. The van der Waals surface area contributed by atoms with Crippen LogP contribution in [-0.2, 0) is 13.2 Å². The minimum atomic E-state index is -0.531. The van der Waals surface area contributed by atoms with Gasteiger partial charge in [0.1, 0.15) is 18.0 Å². The summed E-state index contributed by atoms with van der Waals surface area (Å²) in [7, 11) is 1.36. The molecule has 0 aliphatic carbocycles. The summed E-state index contributed by atoms with van der Waals surface area (Å²) in [5.74, 6) is -0.108. The molecular weight excluding hydrogens is 444 g/mol. The first-order chi connectivity index (χ1) is 16.5. The zero-order valence-corrected chi connectivity index (χ0v) is 18.4. The van der Waals surface area contributed by atoms with Gasteiger partial charge in [-0.2, -0.15) is 4.98 Å². The van der Waals surface area contributed by atoms with Gasteiger partial charge in [0.15, 0.2) is 5.75 Å². The molecule has 0 spiro atoms. The number of nitrogens with one attached hydrogen (secondary N) is 2. The van der Waals surface area contributed by atoms with Crippen molar-refractivity contribution < 1.29 is 24.3 Å². The molecule has 2 heterocycles. The second-order valence-corrected chi connectivity index (χ2v) is 6.97. The van der Waals surface area contributed by atoms with Crippen LogP contribution in [0.1, 0.15) is 28.0 Å². The lowest BCUT2D eigenvalue weighted by atomic mass is 10.2. The molecule has 178 valence electrons. The molecule has 12 nitrogen and oxygen atoms in total. The smallest absolute Gasteiger partial charge is 0.318 e. The van der Waals surface area contributed by atoms with Crippen molar-refractivity contribution in [2.45, 2.75) is 19.6 Å². The van der Waals surface area contributed by atoms with Gasteiger partial charge in [0, 0.05) is 38.2 Å². The van der Waals surface area contributed by atoms with E-state index in [4.69, 9.17) is 14.6 Å². The van der Waals surface area contributed by atoms with E-state index in [-0.39, 0.29) is 55.1 Å². The lowest BCUT2D eigenvalue weighted by molar-refractivity contribution is -0.385. The van der Waals surface area contributed by atoms with Gasteiger partial charge in [0.25, 0.3) is 5.91 Å². The Kier molecular flexibility index (Phi) is 8.63. The Morgan fingerprint density at radius 2 is 2.09 bits per heavy atom. The number of hydrogen-bond donors (Lipinski definition) is 3. The van der Waals surface area contributed by atoms with E-state index >= 15 is 0 Å². The molecule has 34 heavy (non-hydrogen) atoms. The number of ether oxygens (including phenoxy) is 2. The van der Waals surface area contributed by atoms with Crippen molar-refractivity contribution in [3.8, 4) is 11.8 Å². The minimum absolute atomic E-state index is 0.0285. The van der Waals surface area contributed by atoms with E-state index in [2.05, 4.69) is 25.6 Å². The molecule has 3 aromatic rings. The number of amides is 1. The van der Waals surface area contributed by atoms with Crippen LogP contribution in [0.3, 0.4) is 0 Å². The maximum Gasteiger partial charge on any atom is 0.318 e. The Morgan fingerprint density at radius 3 is 2.79 bits per heavy atom. The predicted octanol–water partition coefficient (Wildman–Crippen LogP) is 2.09. The molecular formula is C22H24N6O6. The Balaban J connectivity index is 1.80. The average Bonchev–Trinajstić information content (AvgIpc) is 2.86. The fourth-order valence-electron chi connectivity index (χ4n) is 2.91. The Bertz CT molecular complexity index is 1130. The monoisotopic (exact) mass is 468 g/mol. The molecule has 3 N–H and O–H groups in total. The van der Waals surface area contributed by atoms with Crippen molar-refractivity contribution in [2.24, 2.45) is 0 Å². The van der Waals surface area contributed by atoms with Crippen molar-refractivity contribution in [3.05, 3.63) is 75.7 Å². The number of aromatic nitrogens is 3. The van der Waals surface area contributed by atoms with Gasteiger partial charge >= 0.3 is 11.7 Å². The van der Waals surface area contributed by atoms with Crippen LogP contribution < -0.4 is 20.1 Å². The van der Waals surface area contributed by atoms with Crippen molar-refractivity contribution in [2.75, 3.05) is 25.6 Å². The fourth-order valence-corrected chi connectivity index (χ4v) is 2.91. The quantitative estimate of drug-likeness (QED) is 0.204. The molecule has 12 heteroatoms. The van der Waals surface area contributed by atoms with Crippen molar-refractivity contribution in [1.29, 1.82) is 0 Å². The molecule has 0 unspecified atom stereocenters. The van der Waals surface area contributed by atoms with Gasteiger partial charge < -0.3 is 25.2 Å². The first-order valence-corrected chi connectivity index (χ1v) is 10.4. The van der Waals surface area contributed by atoms with Crippen molar-refractivity contribution in [3.63, 3.8) is 0 Å². The van der Waals surface area contributed by atoms with Gasteiger partial charge in [-0.1, -0.05) is 12.1 Å². The van der Waals surface area contributed by atoms with Crippen LogP contribution in [0.4, 0.5) is 11.5 Å². The highest BCUT2D eigenvalue weighted by atomic mass is 16.6. The number of rotatable bonds is 12. The summed E-state index contributed by atoms with van der Waals surface area (Å²) < 4.78 is 10.6. The van der Waals surface area contributed by atoms with Crippen LogP contribution in [-0.4, -0.2) is 51.2 Å². The van der Waals surface area contributed by atoms with E-state index < -0.39 is 10.8 Å². The Labute approximate surface area is 195 Å². The number of methoxy groups -OCH3 is 1. The summed E-state index contributed by atoms with van der Waals surface area (Å²) in [6, 6.07) is 9.98. The zero-order chi connectivity index (χ0) is 24.3. The third kappa shape index (κ3) is 6.59. The average molecular weight is 468 g/mol. The van der Waals surface area contributed by atoms with Gasteiger partial charge in [-0.25, -0.2) is 4.98 Å². The number of nitrogens with zero attached hydrogens (tertiary/aromatic N) is 4. The van der Waals surface area contributed by atoms with Crippen LogP contribution >= 0.6 is 0 Å². The second kappa shape index (κ2) is 12.1. The van der Waals surface area contributed by atoms with Crippen LogP contribution in [0.5, 0.6) is 11.8 Å². The number of carbonyl (C=O) groups excluding carboxylic acids is 1. The fraction of sp³-hybridized carbons (Fsp3) is 0.273. The summed E-state index contributed by atoms with van der Waals surface area (Å²) in [5, 5.41) is 25.9. The van der Waals surface area contributed by atoms with E-state index in [1.54, 1.807) is 24.4 Å². The van der Waals surface area contributed by atoms with E-state index in [1.807, 2.05) is 6.07 Å². The number of hydrogen-bond acceptors (Lipinski definition) is 10. The zero-order valence-electron chi connectivity index (χ0n) is 18.4. The molecule has 0 aliphatic rings. The summed E-state index contributed by atoms with van der Waals surface area (Å²) in [5.41, 5.74) is 1.24. The number of anilines is 1. The maximum absolute atomic E-state index is 12.6. The highest BCUT2D eigenvalue weighted by Crippen LogP contribution is 2.28. The lowest BCUT2D eigenvalue weighted by Gasteiger charge is -2.13. The molecule has 1 aromatic carbocycles. The number of nitro groups is 1. The number of pyridine rings is 1. The third-order valence-corrected chi connectivity index (χ3v) is 4.61. The van der Waals surface area contributed by atoms with Gasteiger partial charge in [0.05, 0.1) is 17.7 Å². The third-order valence-electron chi connectivity index (χ3n) is 4.61. The van der Waals surface area contributed by atoms with Crippen molar-refractivity contribution in [1.82, 2.24) is 20.3 Å². The van der Waals surface area contributed by atoms with Gasteiger partial charge in [-0.3, -0.25) is 19.9 Å². The molecule has 0 bridgehead atoms. The first kappa shape index (κ1) is 24.3. The number of benzene rings is 1. The topological polar surface area (TPSA) is 162 Å². The molecule has 0 saturated carbocycles. The highest BCUT2D eigenvalue weighted by molar-refractivity contribution is 5.98. The summed E-state index contributed by atoms with van der Waals surface area (Å²) in [6.07, 6.45) is 3.37. The molecule has 0 radical (unpaired) electrons. The van der Waals surface area contributed by atoms with E-state index in [1.165, 1.54) is 25.4 Å². The number of nitro benzene ring substituents is 1. The maximum atomic E-state index is 12.6. The molecule has 0 aliphatic heterocycles. The summed E-state index contributed by atoms with van der Waals surface area (Å²) in [6.45, 7) is 0.487. The van der Waals surface area contributed by atoms with Crippen molar-refractivity contribution >= 4 is 17.4 Å². The Hall–Kier alpha value is -4.32. The van der Waals surface area contributed by atoms with Crippen LogP contribution in [0.2, 0.25) is 0 Å². The van der Waals surface area contributed by atoms with Crippen LogP contribution in [0.15, 0.2) is 48.8 Å². The van der Waals surface area contributed by atoms with Gasteiger partial charge in [-0.15, -0.1) is 0 Å². The van der Waals surface area contributed by atoms with E-state index in [0.717, 1.165) is 0 Å². The standard InChI is InChI=1S/C22H24N6O6/c1-33-19-7-6-15(11-18(19)28(31)32)12-25-20-17(21(30)24-9-4-10-29)13-26-22(27-20)34-14-16-5-2-3-8-23-16/h2-3,5-8,11,13,29H,4,9-10,12,14H2,1H3,(H,24,30)(H,25,26,27). The number of carbonyl (C=O) groups is 1. The largest absolute Gasteiger partial charge is 0.490 e. The second-order valence-electron chi connectivity index (χ2n) is 6.97. The highest BCUT2D eigenvalue weighted by Gasteiger charge is 2.18. The molecule has 1 amide bonds. The normalized spacial score (nSPS) is 10.4. The Morgan fingerprint density at radius 1 is 1.24 bits per heavy atom. The predicted molar refractivity (Wildman–Crippen MR) is 122 cm³/mol.